The standard InChI is InChI=1S/C19H13N5O2/c1-12-7-9-20-17(10-12)24-16-6-2-5-14(23-16)15-11-22-19(26-15)13-4-3-8-21-18(13)25/h2,4-7,9-11H,1H3,(H,21,25)(H,20,23,24). The molecule has 7 nitrogen and oxygen atoms in total. The molecule has 7 heteroatoms. The minimum absolute atomic E-state index is 0.201. The van der Waals surface area contributed by atoms with Crippen LogP contribution < -0.4 is 10.9 Å². The Morgan fingerprint density at radius 3 is 2.96 bits per heavy atom. The second-order valence-corrected chi connectivity index (χ2v) is 5.56. The van der Waals surface area contributed by atoms with Crippen LogP contribution in [0.25, 0.3) is 22.9 Å². The van der Waals surface area contributed by atoms with Gasteiger partial charge in [-0.15, -0.1) is 0 Å². The van der Waals surface area contributed by atoms with E-state index in [-0.39, 0.29) is 17.0 Å². The van der Waals surface area contributed by atoms with Gasteiger partial charge in [0.2, 0.25) is 5.89 Å². The molecule has 0 aliphatic rings. The highest BCUT2D eigenvalue weighted by Gasteiger charge is 2.12. The molecule has 0 amide bonds. The van der Waals surface area contributed by atoms with Gasteiger partial charge in [0.15, 0.2) is 5.76 Å². The molecule has 0 bridgehead atoms. The number of hydrogen-bond acceptors (Lipinski definition) is 6. The first-order valence-corrected chi connectivity index (χ1v) is 7.83. The molecule has 0 atom stereocenters. The van der Waals surface area contributed by atoms with Crippen LogP contribution in [-0.4, -0.2) is 19.9 Å². The third-order valence-corrected chi connectivity index (χ3v) is 3.62. The fraction of sp³-hybridized carbons (Fsp3) is 0.0526. The molecule has 4 aromatic rings. The average molecular weight is 343 g/mol. The summed E-state index contributed by atoms with van der Waals surface area (Å²) in [4.78, 5) is 27.2. The minimum Gasteiger partial charge on any atom is -0.434 e. The zero-order chi connectivity index (χ0) is 17.9. The third-order valence-electron chi connectivity index (χ3n) is 3.62. The summed E-state index contributed by atoms with van der Waals surface area (Å²) in [5, 5.41) is 3.15. The fourth-order valence-electron chi connectivity index (χ4n) is 2.39. The van der Waals surface area contributed by atoms with Crippen LogP contribution >= 0.6 is 0 Å². The lowest BCUT2D eigenvalue weighted by atomic mass is 10.3. The fourth-order valence-corrected chi connectivity index (χ4v) is 2.39. The van der Waals surface area contributed by atoms with Gasteiger partial charge in [0, 0.05) is 18.5 Å². The Labute approximate surface area is 148 Å². The van der Waals surface area contributed by atoms with Crippen LogP contribution in [0.1, 0.15) is 5.56 Å². The van der Waals surface area contributed by atoms with Crippen molar-refractivity contribution in [1.82, 2.24) is 19.9 Å². The average Bonchev–Trinajstić information content (AvgIpc) is 3.12. The largest absolute Gasteiger partial charge is 0.434 e. The predicted octanol–water partition coefficient (Wildman–Crippen LogP) is 3.14. The number of nitrogens with zero attached hydrogens (tertiary/aromatic N) is 3. The monoisotopic (exact) mass is 343 g/mol. The summed E-state index contributed by atoms with van der Waals surface area (Å²) in [6, 6.07) is 13.5. The maximum absolute atomic E-state index is 11.8. The van der Waals surface area contributed by atoms with Gasteiger partial charge in [-0.25, -0.2) is 15.0 Å². The minimum atomic E-state index is -0.342. The van der Waals surface area contributed by atoms with E-state index < -0.39 is 0 Å². The molecular weight excluding hydrogens is 330 g/mol. The highest BCUT2D eigenvalue weighted by atomic mass is 16.4. The second-order valence-electron chi connectivity index (χ2n) is 5.56. The predicted molar refractivity (Wildman–Crippen MR) is 95.7 cm³/mol. The molecule has 4 aromatic heterocycles. The molecule has 26 heavy (non-hydrogen) atoms. The van der Waals surface area contributed by atoms with Gasteiger partial charge in [0.05, 0.1) is 6.20 Å². The van der Waals surface area contributed by atoms with Crippen LogP contribution in [0.5, 0.6) is 0 Å². The van der Waals surface area contributed by atoms with Gasteiger partial charge >= 0.3 is 0 Å². The normalized spacial score (nSPS) is 10.3. The van der Waals surface area contributed by atoms with Gasteiger partial charge in [-0.1, -0.05) is 12.1 Å². The number of rotatable bonds is 4. The van der Waals surface area contributed by atoms with Crippen molar-refractivity contribution in [2.75, 3.05) is 5.32 Å². The third kappa shape index (κ3) is 3.16. The lowest BCUT2D eigenvalue weighted by Gasteiger charge is -2.06. The van der Waals surface area contributed by atoms with Gasteiger partial charge in [-0.05, 0) is 36.8 Å². The Hall–Kier alpha value is -3.92. The number of nitrogens with one attached hydrogen (secondary N) is 2. The Morgan fingerprint density at radius 1 is 1.19 bits per heavy atom. The quantitative estimate of drug-likeness (QED) is 0.591. The highest BCUT2D eigenvalue weighted by Crippen LogP contribution is 2.24. The van der Waals surface area contributed by atoms with Crippen molar-refractivity contribution in [3.8, 4) is 22.9 Å². The van der Waals surface area contributed by atoms with E-state index in [1.54, 1.807) is 12.3 Å². The molecule has 2 N–H and O–H groups in total. The van der Waals surface area contributed by atoms with Crippen molar-refractivity contribution in [3.63, 3.8) is 0 Å². The van der Waals surface area contributed by atoms with E-state index >= 15 is 0 Å². The summed E-state index contributed by atoms with van der Waals surface area (Å²) in [6.07, 6.45) is 5.75. The second kappa shape index (κ2) is 6.53. The molecular formula is C19H13N5O2. The van der Waals surface area contributed by atoms with Gasteiger partial charge in [-0.2, -0.15) is 0 Å². The Balaban J connectivity index is 1.63. The van der Waals surface area contributed by atoms with Crippen LogP contribution in [0.3, 0.4) is 0 Å². The first kappa shape index (κ1) is 15.6. The van der Waals surface area contributed by atoms with Crippen LogP contribution in [0.4, 0.5) is 11.6 Å². The smallest absolute Gasteiger partial charge is 0.268 e. The first-order valence-electron chi connectivity index (χ1n) is 7.83. The van der Waals surface area contributed by atoms with Gasteiger partial charge < -0.3 is 9.73 Å². The van der Waals surface area contributed by atoms with Crippen LogP contribution in [0.15, 0.2) is 58.0 Å². The number of anilines is 2. The van der Waals surface area contributed by atoms with E-state index in [4.69, 9.17) is 4.42 Å². The number of aromatic nitrogens is 4. The molecule has 0 saturated heterocycles. The molecule has 0 spiro atoms. The summed E-state index contributed by atoms with van der Waals surface area (Å²) in [6.45, 7) is 1.99. The zero-order valence-corrected chi connectivity index (χ0v) is 13.8. The molecule has 0 unspecified atom stereocenters. The maximum Gasteiger partial charge on any atom is 0.268 e. The van der Waals surface area contributed by atoms with Crippen LogP contribution in [0, 0.1) is 19.2 Å². The Kier molecular flexibility index (Phi) is 3.92. The van der Waals surface area contributed by atoms with E-state index in [0.717, 1.165) is 5.56 Å². The van der Waals surface area contributed by atoms with Gasteiger partial charge in [0.25, 0.3) is 5.56 Å². The number of aryl methyl sites for hydroxylation is 1. The van der Waals surface area contributed by atoms with E-state index in [2.05, 4.69) is 37.5 Å². The van der Waals surface area contributed by atoms with Crippen molar-refractivity contribution >= 4 is 11.6 Å². The van der Waals surface area contributed by atoms with E-state index in [9.17, 15) is 4.79 Å². The molecule has 0 saturated carbocycles. The molecule has 0 aromatic carbocycles. The first-order chi connectivity index (χ1) is 12.7. The molecule has 4 rings (SSSR count). The van der Waals surface area contributed by atoms with Crippen LogP contribution in [-0.2, 0) is 0 Å². The van der Waals surface area contributed by atoms with Gasteiger partial charge in [0.1, 0.15) is 22.9 Å². The topological polar surface area (TPSA) is 96.7 Å². The Morgan fingerprint density at radius 2 is 2.12 bits per heavy atom. The Bertz CT molecular complexity index is 1120. The van der Waals surface area contributed by atoms with E-state index in [1.807, 2.05) is 31.2 Å². The SMILES string of the molecule is Cc1ccnc(Nc2cccc(-c3cnc(-c4cc#c[nH]c4=O)o3)n2)c1. The lowest BCUT2D eigenvalue weighted by molar-refractivity contribution is 0.585. The summed E-state index contributed by atoms with van der Waals surface area (Å²) in [5.41, 5.74) is 1.63. The molecule has 0 radical (unpaired) electrons. The zero-order valence-electron chi connectivity index (χ0n) is 13.8. The number of aromatic amines is 1. The summed E-state index contributed by atoms with van der Waals surface area (Å²) in [7, 11) is 0. The van der Waals surface area contributed by atoms with Crippen molar-refractivity contribution in [3.05, 3.63) is 77.0 Å². The molecule has 126 valence electrons. The van der Waals surface area contributed by atoms with Crippen molar-refractivity contribution in [2.24, 2.45) is 0 Å². The summed E-state index contributed by atoms with van der Waals surface area (Å²) < 4.78 is 5.69. The summed E-state index contributed by atoms with van der Waals surface area (Å²) >= 11 is 0. The van der Waals surface area contributed by atoms with Gasteiger partial charge in [-0.3, -0.25) is 9.78 Å². The maximum atomic E-state index is 11.8. The summed E-state index contributed by atoms with van der Waals surface area (Å²) in [5.74, 6) is 1.98. The van der Waals surface area contributed by atoms with Crippen molar-refractivity contribution < 1.29 is 4.42 Å². The lowest BCUT2D eigenvalue weighted by Crippen LogP contribution is -2.05. The number of H-pyrrole nitrogens is 1. The molecule has 4 heterocycles. The number of oxazole rings is 1. The van der Waals surface area contributed by atoms with Crippen LogP contribution in [0.2, 0.25) is 0 Å². The van der Waals surface area contributed by atoms with E-state index in [0.29, 0.717) is 23.1 Å². The van der Waals surface area contributed by atoms with E-state index in [1.165, 1.54) is 12.3 Å². The molecule has 0 aliphatic carbocycles. The number of pyridine rings is 2. The molecule has 0 aliphatic heterocycles. The molecule has 0 fully saturated rings. The highest BCUT2D eigenvalue weighted by molar-refractivity contribution is 5.61. The van der Waals surface area contributed by atoms with Crippen molar-refractivity contribution in [2.45, 2.75) is 6.92 Å². The number of hydrogen-bond donors (Lipinski definition) is 2. The van der Waals surface area contributed by atoms with Crippen molar-refractivity contribution in [1.29, 1.82) is 0 Å².